The highest BCUT2D eigenvalue weighted by atomic mass is 19.4. The highest BCUT2D eigenvalue weighted by molar-refractivity contribution is 5.11. The Morgan fingerprint density at radius 3 is 2.43 bits per heavy atom. The van der Waals surface area contributed by atoms with Crippen LogP contribution in [0.25, 0.3) is 0 Å². The fourth-order valence-electron chi connectivity index (χ4n) is 3.22. The van der Waals surface area contributed by atoms with E-state index in [1.807, 2.05) is 24.7 Å². The fourth-order valence-corrected chi connectivity index (χ4v) is 3.22. The van der Waals surface area contributed by atoms with Gasteiger partial charge in [0.2, 0.25) is 0 Å². The SMILES string of the molecule is CCc1cc(CC(N)C2CCC(C(F)(F)F)CC2)n(C)n1. The van der Waals surface area contributed by atoms with Crippen LogP contribution in [0.3, 0.4) is 0 Å². The molecule has 2 rings (SSSR count). The average molecular weight is 303 g/mol. The van der Waals surface area contributed by atoms with E-state index in [4.69, 9.17) is 5.73 Å². The number of aromatic nitrogens is 2. The lowest BCUT2D eigenvalue weighted by Gasteiger charge is -2.33. The second-order valence-electron chi connectivity index (χ2n) is 6.13. The number of hydrogen-bond donors (Lipinski definition) is 1. The molecule has 0 aromatic carbocycles. The number of rotatable bonds is 4. The summed E-state index contributed by atoms with van der Waals surface area (Å²) in [6.07, 6.45) is -0.910. The zero-order valence-corrected chi connectivity index (χ0v) is 12.7. The van der Waals surface area contributed by atoms with Crippen molar-refractivity contribution in [2.75, 3.05) is 0 Å². The van der Waals surface area contributed by atoms with E-state index >= 15 is 0 Å². The van der Waals surface area contributed by atoms with Crippen molar-refractivity contribution >= 4 is 0 Å². The Labute approximate surface area is 123 Å². The number of nitrogens with two attached hydrogens (primary N) is 1. The van der Waals surface area contributed by atoms with Crippen molar-refractivity contribution in [3.8, 4) is 0 Å². The van der Waals surface area contributed by atoms with Crippen molar-refractivity contribution in [1.82, 2.24) is 9.78 Å². The quantitative estimate of drug-likeness (QED) is 0.928. The highest BCUT2D eigenvalue weighted by Crippen LogP contribution is 2.40. The van der Waals surface area contributed by atoms with Gasteiger partial charge in [0.1, 0.15) is 0 Å². The molecule has 0 amide bonds. The van der Waals surface area contributed by atoms with Crippen LogP contribution in [0.2, 0.25) is 0 Å². The van der Waals surface area contributed by atoms with E-state index in [0.717, 1.165) is 17.8 Å². The molecule has 1 unspecified atom stereocenters. The lowest BCUT2D eigenvalue weighted by atomic mass is 9.77. The molecule has 0 radical (unpaired) electrons. The first-order valence-electron chi connectivity index (χ1n) is 7.65. The molecule has 1 aliphatic carbocycles. The minimum atomic E-state index is -4.05. The Morgan fingerprint density at radius 2 is 1.95 bits per heavy atom. The van der Waals surface area contributed by atoms with E-state index in [9.17, 15) is 13.2 Å². The summed E-state index contributed by atoms with van der Waals surface area (Å²) in [5, 5.41) is 4.38. The molecule has 0 aliphatic heterocycles. The van der Waals surface area contributed by atoms with Crippen LogP contribution in [0.4, 0.5) is 13.2 Å². The van der Waals surface area contributed by atoms with Crippen LogP contribution >= 0.6 is 0 Å². The van der Waals surface area contributed by atoms with Gasteiger partial charge >= 0.3 is 6.18 Å². The monoisotopic (exact) mass is 303 g/mol. The lowest BCUT2D eigenvalue weighted by Crippen LogP contribution is -2.37. The normalized spacial score (nSPS) is 25.0. The minimum Gasteiger partial charge on any atom is -0.327 e. The van der Waals surface area contributed by atoms with E-state index < -0.39 is 12.1 Å². The fraction of sp³-hybridized carbons (Fsp3) is 0.800. The molecule has 0 saturated heterocycles. The van der Waals surface area contributed by atoms with Gasteiger partial charge in [-0.15, -0.1) is 0 Å². The number of nitrogens with zero attached hydrogens (tertiary/aromatic N) is 2. The van der Waals surface area contributed by atoms with Gasteiger partial charge in [-0.2, -0.15) is 18.3 Å². The molecule has 6 heteroatoms. The van der Waals surface area contributed by atoms with E-state index in [2.05, 4.69) is 5.10 Å². The predicted molar refractivity (Wildman–Crippen MR) is 75.8 cm³/mol. The summed E-state index contributed by atoms with van der Waals surface area (Å²) in [5.74, 6) is -0.951. The van der Waals surface area contributed by atoms with Gasteiger partial charge in [0.05, 0.1) is 11.6 Å². The van der Waals surface area contributed by atoms with Crippen LogP contribution in [-0.4, -0.2) is 22.0 Å². The summed E-state index contributed by atoms with van der Waals surface area (Å²) in [6, 6.07) is 1.96. The Bertz CT molecular complexity index is 459. The van der Waals surface area contributed by atoms with Crippen molar-refractivity contribution in [3.63, 3.8) is 0 Å². The van der Waals surface area contributed by atoms with Gasteiger partial charge in [-0.25, -0.2) is 0 Å². The van der Waals surface area contributed by atoms with Crippen LogP contribution in [0.1, 0.15) is 44.0 Å². The first-order chi connectivity index (χ1) is 9.81. The smallest absolute Gasteiger partial charge is 0.327 e. The highest BCUT2D eigenvalue weighted by Gasteiger charge is 2.42. The Kier molecular flexibility index (Phi) is 4.96. The predicted octanol–water partition coefficient (Wildman–Crippen LogP) is 3.22. The largest absolute Gasteiger partial charge is 0.391 e. The summed E-state index contributed by atoms with van der Waals surface area (Å²) < 4.78 is 39.8. The third-order valence-electron chi connectivity index (χ3n) is 4.67. The summed E-state index contributed by atoms with van der Waals surface area (Å²) >= 11 is 0. The molecule has 2 N–H and O–H groups in total. The van der Waals surface area contributed by atoms with Gasteiger partial charge < -0.3 is 5.73 Å². The summed E-state index contributed by atoms with van der Waals surface area (Å²) in [4.78, 5) is 0. The van der Waals surface area contributed by atoms with E-state index in [0.29, 0.717) is 19.3 Å². The molecule has 1 aromatic rings. The molecule has 21 heavy (non-hydrogen) atoms. The zero-order valence-electron chi connectivity index (χ0n) is 12.7. The molecule has 1 heterocycles. The van der Waals surface area contributed by atoms with Gasteiger partial charge in [-0.3, -0.25) is 4.68 Å². The van der Waals surface area contributed by atoms with Crippen molar-refractivity contribution in [2.24, 2.45) is 24.6 Å². The Morgan fingerprint density at radius 1 is 1.33 bits per heavy atom. The summed E-state index contributed by atoms with van der Waals surface area (Å²) in [6.45, 7) is 2.05. The van der Waals surface area contributed by atoms with Crippen molar-refractivity contribution in [3.05, 3.63) is 17.5 Å². The van der Waals surface area contributed by atoms with Gasteiger partial charge in [0.25, 0.3) is 0 Å². The maximum Gasteiger partial charge on any atom is 0.391 e. The molecule has 0 spiro atoms. The summed E-state index contributed by atoms with van der Waals surface area (Å²) in [5.41, 5.74) is 8.33. The molecular formula is C15H24F3N3. The molecule has 1 atom stereocenters. The number of halogens is 3. The first-order valence-corrected chi connectivity index (χ1v) is 7.65. The third kappa shape index (κ3) is 3.99. The maximum absolute atomic E-state index is 12.7. The maximum atomic E-state index is 12.7. The van der Waals surface area contributed by atoms with Crippen LogP contribution in [0.5, 0.6) is 0 Å². The molecule has 120 valence electrons. The number of alkyl halides is 3. The second-order valence-corrected chi connectivity index (χ2v) is 6.13. The van der Waals surface area contributed by atoms with Crippen molar-refractivity contribution in [1.29, 1.82) is 0 Å². The molecule has 1 fully saturated rings. The topological polar surface area (TPSA) is 43.8 Å². The van der Waals surface area contributed by atoms with Crippen molar-refractivity contribution in [2.45, 2.75) is 57.7 Å². The van der Waals surface area contributed by atoms with Crippen LogP contribution < -0.4 is 5.73 Å². The molecule has 1 saturated carbocycles. The van der Waals surface area contributed by atoms with E-state index in [1.165, 1.54) is 0 Å². The summed E-state index contributed by atoms with van der Waals surface area (Å²) in [7, 11) is 1.89. The van der Waals surface area contributed by atoms with Crippen LogP contribution in [0.15, 0.2) is 6.07 Å². The molecule has 0 bridgehead atoms. The van der Waals surface area contributed by atoms with Gasteiger partial charge in [-0.1, -0.05) is 6.92 Å². The Balaban J connectivity index is 1.90. The van der Waals surface area contributed by atoms with Crippen molar-refractivity contribution < 1.29 is 13.2 Å². The molecular weight excluding hydrogens is 279 g/mol. The average Bonchev–Trinajstić information content (AvgIpc) is 2.78. The van der Waals surface area contributed by atoms with Gasteiger partial charge in [-0.05, 0) is 44.1 Å². The third-order valence-corrected chi connectivity index (χ3v) is 4.67. The zero-order chi connectivity index (χ0) is 15.6. The van der Waals surface area contributed by atoms with Crippen LogP contribution in [0, 0.1) is 11.8 Å². The Hall–Kier alpha value is -1.04. The number of aryl methyl sites for hydroxylation is 2. The molecule has 1 aromatic heterocycles. The van der Waals surface area contributed by atoms with Gasteiger partial charge in [0.15, 0.2) is 0 Å². The van der Waals surface area contributed by atoms with E-state index in [-0.39, 0.29) is 24.8 Å². The number of hydrogen-bond acceptors (Lipinski definition) is 2. The second kappa shape index (κ2) is 6.38. The first kappa shape index (κ1) is 16.3. The molecule has 1 aliphatic rings. The van der Waals surface area contributed by atoms with Crippen LogP contribution in [-0.2, 0) is 19.9 Å². The standard InChI is InChI=1S/C15H24F3N3/c1-3-12-8-13(21(2)20-12)9-14(19)10-4-6-11(7-5-10)15(16,17)18/h8,10-11,14H,3-7,9,19H2,1-2H3. The van der Waals surface area contributed by atoms with Gasteiger partial charge in [0, 0.05) is 25.2 Å². The lowest BCUT2D eigenvalue weighted by molar-refractivity contribution is -0.184. The minimum absolute atomic E-state index is 0.0840. The van der Waals surface area contributed by atoms with E-state index in [1.54, 1.807) is 0 Å². The molecule has 3 nitrogen and oxygen atoms in total.